The summed E-state index contributed by atoms with van der Waals surface area (Å²) < 4.78 is 0. The van der Waals surface area contributed by atoms with Gasteiger partial charge < -0.3 is 11.1 Å². The van der Waals surface area contributed by atoms with Crippen LogP contribution >= 0.6 is 11.6 Å². The molecule has 0 aliphatic heterocycles. The molecule has 0 saturated carbocycles. The molecule has 1 unspecified atom stereocenters. The van der Waals surface area contributed by atoms with E-state index in [9.17, 15) is 0 Å². The molecule has 0 heterocycles. The Labute approximate surface area is 84.1 Å². The highest BCUT2D eigenvalue weighted by atomic mass is 35.5. The average molecular weight is 199 g/mol. The first-order chi connectivity index (χ1) is 6.22. The molecule has 0 amide bonds. The highest BCUT2D eigenvalue weighted by molar-refractivity contribution is 6.30. The highest BCUT2D eigenvalue weighted by Gasteiger charge is 1.98. The predicted molar refractivity (Wildman–Crippen MR) is 56.8 cm³/mol. The molecule has 1 aromatic carbocycles. The lowest BCUT2D eigenvalue weighted by molar-refractivity contribution is 0.556. The van der Waals surface area contributed by atoms with Crippen molar-refractivity contribution in [1.82, 2.24) is 5.32 Å². The quantitative estimate of drug-likeness (QED) is 0.774. The number of hydrogen-bond donors (Lipinski definition) is 2. The summed E-state index contributed by atoms with van der Waals surface area (Å²) in [6.45, 7) is 3.53. The third-order valence-electron chi connectivity index (χ3n) is 1.90. The van der Waals surface area contributed by atoms with Crippen molar-refractivity contribution in [3.8, 4) is 0 Å². The second-order valence-electron chi connectivity index (χ2n) is 3.15. The van der Waals surface area contributed by atoms with Gasteiger partial charge in [0, 0.05) is 24.2 Å². The Balaban J connectivity index is 2.45. The fraction of sp³-hybridized carbons (Fsp3) is 0.400. The van der Waals surface area contributed by atoms with Gasteiger partial charge in [-0.1, -0.05) is 23.7 Å². The van der Waals surface area contributed by atoms with Crippen LogP contribution in [0, 0.1) is 0 Å². The first-order valence-corrected chi connectivity index (χ1v) is 4.78. The van der Waals surface area contributed by atoms with Crippen molar-refractivity contribution in [2.45, 2.75) is 19.5 Å². The zero-order chi connectivity index (χ0) is 9.68. The average Bonchev–Trinajstić information content (AvgIpc) is 2.14. The van der Waals surface area contributed by atoms with Gasteiger partial charge in [-0.25, -0.2) is 0 Å². The molecule has 0 bridgehead atoms. The summed E-state index contributed by atoms with van der Waals surface area (Å²) in [5, 5.41) is 4.07. The monoisotopic (exact) mass is 198 g/mol. The van der Waals surface area contributed by atoms with Crippen LogP contribution in [-0.2, 0) is 6.54 Å². The van der Waals surface area contributed by atoms with Gasteiger partial charge in [0.2, 0.25) is 0 Å². The van der Waals surface area contributed by atoms with Crippen LogP contribution in [0.1, 0.15) is 12.5 Å². The Hall–Kier alpha value is -0.570. The second kappa shape index (κ2) is 5.22. The molecule has 3 N–H and O–H groups in total. The topological polar surface area (TPSA) is 38.0 Å². The number of benzene rings is 1. The van der Waals surface area contributed by atoms with Gasteiger partial charge in [-0.05, 0) is 24.6 Å². The van der Waals surface area contributed by atoms with Crippen molar-refractivity contribution in [1.29, 1.82) is 0 Å². The van der Waals surface area contributed by atoms with E-state index in [0.717, 1.165) is 11.6 Å². The number of nitrogens with one attached hydrogen (secondary N) is 1. The van der Waals surface area contributed by atoms with Crippen molar-refractivity contribution in [3.63, 3.8) is 0 Å². The molecule has 0 saturated heterocycles. The van der Waals surface area contributed by atoms with Crippen LogP contribution in [0.15, 0.2) is 24.3 Å². The predicted octanol–water partition coefficient (Wildman–Crippen LogP) is 1.78. The molecule has 1 atom stereocenters. The number of hydrogen-bond acceptors (Lipinski definition) is 2. The maximum Gasteiger partial charge on any atom is 0.0409 e. The molecular formula is C10H15ClN2. The van der Waals surface area contributed by atoms with Crippen molar-refractivity contribution in [2.24, 2.45) is 5.73 Å². The number of halogens is 1. The SMILES string of the molecule is CC(CN)NCc1cccc(Cl)c1. The Morgan fingerprint density at radius 1 is 1.54 bits per heavy atom. The lowest BCUT2D eigenvalue weighted by Crippen LogP contribution is -2.32. The van der Waals surface area contributed by atoms with E-state index in [2.05, 4.69) is 12.2 Å². The molecule has 2 nitrogen and oxygen atoms in total. The molecular weight excluding hydrogens is 184 g/mol. The van der Waals surface area contributed by atoms with Gasteiger partial charge >= 0.3 is 0 Å². The first-order valence-electron chi connectivity index (χ1n) is 4.40. The molecule has 0 spiro atoms. The van der Waals surface area contributed by atoms with Crippen LogP contribution in [0.2, 0.25) is 5.02 Å². The molecule has 13 heavy (non-hydrogen) atoms. The third kappa shape index (κ3) is 3.77. The Morgan fingerprint density at radius 3 is 2.92 bits per heavy atom. The maximum absolute atomic E-state index is 5.84. The third-order valence-corrected chi connectivity index (χ3v) is 2.13. The van der Waals surface area contributed by atoms with Crippen molar-refractivity contribution < 1.29 is 0 Å². The van der Waals surface area contributed by atoms with Gasteiger partial charge in [-0.15, -0.1) is 0 Å². The summed E-state index contributed by atoms with van der Waals surface area (Å²) in [5.74, 6) is 0. The summed E-state index contributed by atoms with van der Waals surface area (Å²) in [5.41, 5.74) is 6.67. The van der Waals surface area contributed by atoms with Gasteiger partial charge in [0.15, 0.2) is 0 Å². The first kappa shape index (κ1) is 10.5. The smallest absolute Gasteiger partial charge is 0.0409 e. The second-order valence-corrected chi connectivity index (χ2v) is 3.58. The van der Waals surface area contributed by atoms with Crippen molar-refractivity contribution in [3.05, 3.63) is 34.9 Å². The zero-order valence-corrected chi connectivity index (χ0v) is 8.51. The van der Waals surface area contributed by atoms with Crippen LogP contribution in [0.4, 0.5) is 0 Å². The summed E-state index contributed by atoms with van der Waals surface area (Å²) in [6, 6.07) is 8.17. The van der Waals surface area contributed by atoms with E-state index in [1.165, 1.54) is 5.56 Å². The molecule has 72 valence electrons. The van der Waals surface area contributed by atoms with Crippen molar-refractivity contribution in [2.75, 3.05) is 6.54 Å². The zero-order valence-electron chi connectivity index (χ0n) is 7.76. The molecule has 3 heteroatoms. The van der Waals surface area contributed by atoms with E-state index in [-0.39, 0.29) is 0 Å². The van der Waals surface area contributed by atoms with Gasteiger partial charge in [-0.2, -0.15) is 0 Å². The number of nitrogens with two attached hydrogens (primary N) is 1. The van der Waals surface area contributed by atoms with Crippen LogP contribution in [0.3, 0.4) is 0 Å². The van der Waals surface area contributed by atoms with E-state index >= 15 is 0 Å². The summed E-state index contributed by atoms with van der Waals surface area (Å²) in [6.07, 6.45) is 0. The summed E-state index contributed by atoms with van der Waals surface area (Å²) in [7, 11) is 0. The largest absolute Gasteiger partial charge is 0.329 e. The van der Waals surface area contributed by atoms with Crippen LogP contribution in [0.5, 0.6) is 0 Å². The minimum Gasteiger partial charge on any atom is -0.329 e. The van der Waals surface area contributed by atoms with E-state index in [1.807, 2.05) is 24.3 Å². The standard InChI is InChI=1S/C10H15ClN2/c1-8(6-12)13-7-9-3-2-4-10(11)5-9/h2-5,8,13H,6-7,12H2,1H3. The summed E-state index contributed by atoms with van der Waals surface area (Å²) >= 11 is 5.84. The molecule has 0 fully saturated rings. The van der Waals surface area contributed by atoms with Gasteiger partial charge in [0.1, 0.15) is 0 Å². The van der Waals surface area contributed by atoms with E-state index in [0.29, 0.717) is 12.6 Å². The van der Waals surface area contributed by atoms with Gasteiger partial charge in [-0.3, -0.25) is 0 Å². The molecule has 0 aromatic heterocycles. The van der Waals surface area contributed by atoms with Gasteiger partial charge in [0.25, 0.3) is 0 Å². The lowest BCUT2D eigenvalue weighted by Gasteiger charge is -2.10. The molecule has 1 aromatic rings. The lowest BCUT2D eigenvalue weighted by atomic mass is 10.2. The molecule has 0 aliphatic carbocycles. The van der Waals surface area contributed by atoms with Crippen LogP contribution < -0.4 is 11.1 Å². The van der Waals surface area contributed by atoms with E-state index < -0.39 is 0 Å². The Kier molecular flexibility index (Phi) is 4.22. The molecule has 1 rings (SSSR count). The summed E-state index contributed by atoms with van der Waals surface area (Å²) in [4.78, 5) is 0. The Morgan fingerprint density at radius 2 is 2.31 bits per heavy atom. The van der Waals surface area contributed by atoms with Crippen LogP contribution in [-0.4, -0.2) is 12.6 Å². The fourth-order valence-corrected chi connectivity index (χ4v) is 1.24. The van der Waals surface area contributed by atoms with Gasteiger partial charge in [0.05, 0.1) is 0 Å². The highest BCUT2D eigenvalue weighted by Crippen LogP contribution is 2.10. The molecule has 0 aliphatic rings. The van der Waals surface area contributed by atoms with E-state index in [4.69, 9.17) is 17.3 Å². The van der Waals surface area contributed by atoms with Crippen LogP contribution in [0.25, 0.3) is 0 Å². The molecule has 0 radical (unpaired) electrons. The minimum atomic E-state index is 0.346. The number of rotatable bonds is 4. The normalized spacial score (nSPS) is 12.8. The fourth-order valence-electron chi connectivity index (χ4n) is 1.02. The maximum atomic E-state index is 5.84. The minimum absolute atomic E-state index is 0.346. The Bertz CT molecular complexity index is 263. The van der Waals surface area contributed by atoms with Crippen molar-refractivity contribution >= 4 is 11.6 Å². The van der Waals surface area contributed by atoms with E-state index in [1.54, 1.807) is 0 Å².